The fourth-order valence-corrected chi connectivity index (χ4v) is 2.72. The van der Waals surface area contributed by atoms with Crippen LogP contribution < -0.4 is 5.32 Å². The highest BCUT2D eigenvalue weighted by atomic mass is 127. The molecule has 2 rings (SSSR count). The van der Waals surface area contributed by atoms with E-state index in [9.17, 15) is 4.79 Å². The molecule has 0 aliphatic carbocycles. The van der Waals surface area contributed by atoms with Gasteiger partial charge in [-0.2, -0.15) is 0 Å². The van der Waals surface area contributed by atoms with E-state index < -0.39 is 0 Å². The van der Waals surface area contributed by atoms with E-state index in [0.29, 0.717) is 5.56 Å². The van der Waals surface area contributed by atoms with Gasteiger partial charge in [-0.05, 0) is 46.4 Å². The van der Waals surface area contributed by atoms with Crippen LogP contribution in [0, 0.1) is 3.57 Å². The molecular formula is C14H11BrINO. The topological polar surface area (TPSA) is 29.1 Å². The number of hydrogen-bond donors (Lipinski definition) is 1. The van der Waals surface area contributed by atoms with Gasteiger partial charge < -0.3 is 5.32 Å². The van der Waals surface area contributed by atoms with Crippen molar-refractivity contribution >= 4 is 50.1 Å². The van der Waals surface area contributed by atoms with E-state index in [2.05, 4.69) is 43.8 Å². The zero-order valence-corrected chi connectivity index (χ0v) is 13.2. The largest absolute Gasteiger partial charge is 0.322 e. The summed E-state index contributed by atoms with van der Waals surface area (Å²) >= 11 is 5.58. The minimum atomic E-state index is -0.0756. The maximum Gasteiger partial charge on any atom is 0.256 e. The van der Waals surface area contributed by atoms with Crippen molar-refractivity contribution in [3.8, 4) is 0 Å². The number of hydrogen-bond acceptors (Lipinski definition) is 1. The molecule has 2 aromatic carbocycles. The molecule has 1 N–H and O–H groups in total. The van der Waals surface area contributed by atoms with Gasteiger partial charge in [0, 0.05) is 14.6 Å². The Morgan fingerprint density at radius 3 is 2.50 bits per heavy atom. The molecule has 92 valence electrons. The average Bonchev–Trinajstić information content (AvgIpc) is 2.39. The quantitative estimate of drug-likeness (QED) is 0.582. The zero-order chi connectivity index (χ0) is 13.0. The number of rotatable bonds is 3. The van der Waals surface area contributed by atoms with Crippen molar-refractivity contribution in [3.05, 3.63) is 63.2 Å². The van der Waals surface area contributed by atoms with Crippen LogP contribution in [0.2, 0.25) is 0 Å². The summed E-state index contributed by atoms with van der Waals surface area (Å²) in [5, 5.41) is 3.66. The Bertz CT molecular complexity index is 571. The Hall–Kier alpha value is -0.880. The van der Waals surface area contributed by atoms with Gasteiger partial charge in [0.1, 0.15) is 0 Å². The Morgan fingerprint density at radius 1 is 1.11 bits per heavy atom. The smallest absolute Gasteiger partial charge is 0.256 e. The Kier molecular flexibility index (Phi) is 4.77. The van der Waals surface area contributed by atoms with Crippen molar-refractivity contribution in [3.63, 3.8) is 0 Å². The monoisotopic (exact) mass is 415 g/mol. The SMILES string of the molecule is O=C(Nc1ccccc1CBr)c1ccccc1I. The summed E-state index contributed by atoms with van der Waals surface area (Å²) in [4.78, 5) is 12.2. The molecule has 1 amide bonds. The zero-order valence-electron chi connectivity index (χ0n) is 9.49. The van der Waals surface area contributed by atoms with E-state index in [1.807, 2.05) is 48.5 Å². The van der Waals surface area contributed by atoms with Crippen LogP contribution in [0.3, 0.4) is 0 Å². The highest BCUT2D eigenvalue weighted by Crippen LogP contribution is 2.20. The molecule has 2 aromatic rings. The van der Waals surface area contributed by atoms with Crippen molar-refractivity contribution in [2.45, 2.75) is 5.33 Å². The number of benzene rings is 2. The molecule has 0 atom stereocenters. The number of amides is 1. The van der Waals surface area contributed by atoms with Crippen LogP contribution in [-0.4, -0.2) is 5.91 Å². The van der Waals surface area contributed by atoms with Crippen LogP contribution in [0.5, 0.6) is 0 Å². The first-order valence-electron chi connectivity index (χ1n) is 5.42. The Balaban J connectivity index is 2.24. The lowest BCUT2D eigenvalue weighted by atomic mass is 10.1. The molecule has 2 nitrogen and oxygen atoms in total. The number of nitrogens with one attached hydrogen (secondary N) is 1. The number of carbonyl (C=O) groups excluding carboxylic acids is 1. The van der Waals surface area contributed by atoms with Gasteiger partial charge in [-0.3, -0.25) is 4.79 Å². The first-order chi connectivity index (χ1) is 8.72. The number of alkyl halides is 1. The van der Waals surface area contributed by atoms with Gasteiger partial charge in [0.2, 0.25) is 0 Å². The van der Waals surface area contributed by atoms with Crippen molar-refractivity contribution in [1.82, 2.24) is 0 Å². The fraction of sp³-hybridized carbons (Fsp3) is 0.0714. The summed E-state index contributed by atoms with van der Waals surface area (Å²) in [5.74, 6) is -0.0756. The fourth-order valence-electron chi connectivity index (χ4n) is 1.59. The molecule has 0 heterocycles. The molecule has 0 fully saturated rings. The maximum absolute atomic E-state index is 12.2. The van der Waals surface area contributed by atoms with Crippen molar-refractivity contribution in [2.24, 2.45) is 0 Å². The summed E-state index contributed by atoms with van der Waals surface area (Å²) in [6.45, 7) is 0. The normalized spacial score (nSPS) is 10.1. The third kappa shape index (κ3) is 3.11. The van der Waals surface area contributed by atoms with Crippen LogP contribution in [0.25, 0.3) is 0 Å². The second kappa shape index (κ2) is 6.33. The lowest BCUT2D eigenvalue weighted by molar-refractivity contribution is 0.102. The van der Waals surface area contributed by atoms with Gasteiger partial charge in [-0.15, -0.1) is 0 Å². The summed E-state index contributed by atoms with van der Waals surface area (Å²) in [6, 6.07) is 15.3. The van der Waals surface area contributed by atoms with Crippen LogP contribution in [0.15, 0.2) is 48.5 Å². The van der Waals surface area contributed by atoms with Gasteiger partial charge in [0.25, 0.3) is 5.91 Å². The minimum Gasteiger partial charge on any atom is -0.322 e. The molecule has 0 aromatic heterocycles. The molecule has 0 spiro atoms. The van der Waals surface area contributed by atoms with Crippen molar-refractivity contribution in [2.75, 3.05) is 5.32 Å². The number of para-hydroxylation sites is 1. The predicted molar refractivity (Wildman–Crippen MR) is 86.2 cm³/mol. The van der Waals surface area contributed by atoms with E-state index in [0.717, 1.165) is 20.2 Å². The van der Waals surface area contributed by atoms with Gasteiger partial charge in [-0.1, -0.05) is 46.3 Å². The van der Waals surface area contributed by atoms with E-state index >= 15 is 0 Å². The van der Waals surface area contributed by atoms with E-state index in [-0.39, 0.29) is 5.91 Å². The second-order valence-electron chi connectivity index (χ2n) is 3.72. The molecular weight excluding hydrogens is 405 g/mol. The molecule has 0 aliphatic rings. The van der Waals surface area contributed by atoms with Crippen LogP contribution in [0.1, 0.15) is 15.9 Å². The highest BCUT2D eigenvalue weighted by molar-refractivity contribution is 14.1. The van der Waals surface area contributed by atoms with Gasteiger partial charge in [-0.25, -0.2) is 0 Å². The molecule has 4 heteroatoms. The van der Waals surface area contributed by atoms with Gasteiger partial charge in [0.05, 0.1) is 5.56 Å². The van der Waals surface area contributed by atoms with Gasteiger partial charge in [0.15, 0.2) is 0 Å². The molecule has 0 unspecified atom stereocenters. The van der Waals surface area contributed by atoms with E-state index in [4.69, 9.17) is 0 Å². The van der Waals surface area contributed by atoms with Crippen LogP contribution in [0.4, 0.5) is 5.69 Å². The maximum atomic E-state index is 12.2. The Morgan fingerprint density at radius 2 is 1.78 bits per heavy atom. The third-order valence-corrected chi connectivity index (χ3v) is 4.07. The number of carbonyl (C=O) groups is 1. The summed E-state index contributed by atoms with van der Waals surface area (Å²) in [6.07, 6.45) is 0. The van der Waals surface area contributed by atoms with Crippen LogP contribution in [-0.2, 0) is 5.33 Å². The van der Waals surface area contributed by atoms with Crippen LogP contribution >= 0.6 is 38.5 Å². The number of anilines is 1. The van der Waals surface area contributed by atoms with Crippen molar-refractivity contribution < 1.29 is 4.79 Å². The van der Waals surface area contributed by atoms with Gasteiger partial charge >= 0.3 is 0 Å². The van der Waals surface area contributed by atoms with E-state index in [1.54, 1.807) is 0 Å². The van der Waals surface area contributed by atoms with E-state index in [1.165, 1.54) is 0 Å². The first kappa shape index (κ1) is 13.5. The lowest BCUT2D eigenvalue weighted by Gasteiger charge is -2.10. The minimum absolute atomic E-state index is 0.0756. The molecule has 0 saturated heterocycles. The highest BCUT2D eigenvalue weighted by Gasteiger charge is 2.10. The molecule has 0 aliphatic heterocycles. The molecule has 0 radical (unpaired) electrons. The first-order valence-corrected chi connectivity index (χ1v) is 7.62. The summed E-state index contributed by atoms with van der Waals surface area (Å²) in [7, 11) is 0. The third-order valence-electron chi connectivity index (χ3n) is 2.53. The predicted octanol–water partition coefficient (Wildman–Crippen LogP) is 4.44. The number of halogens is 2. The molecule has 0 saturated carbocycles. The lowest BCUT2D eigenvalue weighted by Crippen LogP contribution is -2.14. The molecule has 18 heavy (non-hydrogen) atoms. The summed E-state index contributed by atoms with van der Waals surface area (Å²) in [5.41, 5.74) is 2.61. The molecule has 0 bridgehead atoms. The standard InChI is InChI=1S/C14H11BrINO/c15-9-10-5-1-4-8-13(10)17-14(18)11-6-2-3-7-12(11)16/h1-8H,9H2,(H,17,18). The second-order valence-corrected chi connectivity index (χ2v) is 5.45. The Labute approximate surface area is 128 Å². The average molecular weight is 416 g/mol. The summed E-state index contributed by atoms with van der Waals surface area (Å²) < 4.78 is 0.948. The van der Waals surface area contributed by atoms with Crippen molar-refractivity contribution in [1.29, 1.82) is 0 Å².